The van der Waals surface area contributed by atoms with Gasteiger partial charge in [-0.3, -0.25) is 4.90 Å². The standard InChI is InChI=1S/C21H23N3O2/c1-15-5-7-17(8-6-15)21-22-20(26-23-21)14-24-13-3-4-19(24)16-9-11-18(25-2)12-10-16/h5-12,19H,3-4,13-14H2,1-2H3. The topological polar surface area (TPSA) is 51.4 Å². The van der Waals surface area contributed by atoms with Gasteiger partial charge in [-0.2, -0.15) is 4.98 Å². The van der Waals surface area contributed by atoms with Crippen molar-refractivity contribution in [3.8, 4) is 17.1 Å². The molecular formula is C21H23N3O2. The van der Waals surface area contributed by atoms with Gasteiger partial charge in [0, 0.05) is 11.6 Å². The highest BCUT2D eigenvalue weighted by molar-refractivity contribution is 5.54. The van der Waals surface area contributed by atoms with Crippen molar-refractivity contribution in [1.82, 2.24) is 15.0 Å². The second-order valence-electron chi connectivity index (χ2n) is 6.78. The zero-order valence-electron chi connectivity index (χ0n) is 15.2. The van der Waals surface area contributed by atoms with Crippen molar-refractivity contribution < 1.29 is 9.26 Å². The van der Waals surface area contributed by atoms with Crippen LogP contribution in [0.25, 0.3) is 11.4 Å². The summed E-state index contributed by atoms with van der Waals surface area (Å²) in [4.78, 5) is 7.00. The summed E-state index contributed by atoms with van der Waals surface area (Å²) in [5.41, 5.74) is 3.51. The van der Waals surface area contributed by atoms with E-state index in [1.807, 2.05) is 24.3 Å². The van der Waals surface area contributed by atoms with Crippen LogP contribution in [-0.4, -0.2) is 28.7 Å². The number of aromatic nitrogens is 2. The van der Waals surface area contributed by atoms with E-state index in [1.165, 1.54) is 17.5 Å². The Morgan fingerprint density at radius 1 is 1.12 bits per heavy atom. The number of aryl methyl sites for hydroxylation is 1. The van der Waals surface area contributed by atoms with Crippen LogP contribution in [0.3, 0.4) is 0 Å². The maximum absolute atomic E-state index is 5.51. The summed E-state index contributed by atoms with van der Waals surface area (Å²) >= 11 is 0. The third-order valence-electron chi connectivity index (χ3n) is 4.98. The first-order valence-corrected chi connectivity index (χ1v) is 9.00. The molecule has 2 aromatic carbocycles. The molecule has 1 unspecified atom stereocenters. The predicted octanol–water partition coefficient (Wildman–Crippen LogP) is 4.39. The Bertz CT molecular complexity index is 856. The van der Waals surface area contributed by atoms with Gasteiger partial charge >= 0.3 is 0 Å². The molecule has 1 aliphatic heterocycles. The van der Waals surface area contributed by atoms with Crippen molar-refractivity contribution in [1.29, 1.82) is 0 Å². The monoisotopic (exact) mass is 349 g/mol. The number of benzene rings is 2. The van der Waals surface area contributed by atoms with Crippen molar-refractivity contribution in [3.05, 3.63) is 65.5 Å². The molecule has 0 bridgehead atoms. The van der Waals surface area contributed by atoms with E-state index >= 15 is 0 Å². The van der Waals surface area contributed by atoms with Gasteiger partial charge in [-0.1, -0.05) is 47.1 Å². The fourth-order valence-electron chi connectivity index (χ4n) is 3.53. The summed E-state index contributed by atoms with van der Waals surface area (Å²) < 4.78 is 10.8. The van der Waals surface area contributed by atoms with Gasteiger partial charge in [-0.25, -0.2) is 0 Å². The molecule has 0 aliphatic carbocycles. The van der Waals surface area contributed by atoms with Gasteiger partial charge in [-0.15, -0.1) is 0 Å². The number of methoxy groups -OCH3 is 1. The van der Waals surface area contributed by atoms with Crippen LogP contribution in [0.5, 0.6) is 5.75 Å². The van der Waals surface area contributed by atoms with Gasteiger partial charge in [0.2, 0.25) is 11.7 Å². The zero-order chi connectivity index (χ0) is 17.9. The minimum absolute atomic E-state index is 0.385. The highest BCUT2D eigenvalue weighted by atomic mass is 16.5. The summed E-state index contributed by atoms with van der Waals surface area (Å²) in [6, 6.07) is 16.9. The van der Waals surface area contributed by atoms with Crippen LogP contribution in [0.4, 0.5) is 0 Å². The molecule has 0 spiro atoms. The lowest BCUT2D eigenvalue weighted by molar-refractivity contribution is 0.212. The lowest BCUT2D eigenvalue weighted by Crippen LogP contribution is -2.22. The van der Waals surface area contributed by atoms with Crippen molar-refractivity contribution >= 4 is 0 Å². The molecule has 1 aliphatic rings. The van der Waals surface area contributed by atoms with E-state index in [4.69, 9.17) is 9.26 Å². The number of rotatable bonds is 5. The Morgan fingerprint density at radius 3 is 2.62 bits per heavy atom. The van der Waals surface area contributed by atoms with Gasteiger partial charge < -0.3 is 9.26 Å². The predicted molar refractivity (Wildman–Crippen MR) is 99.9 cm³/mol. The average Bonchev–Trinajstić information content (AvgIpc) is 3.33. The summed E-state index contributed by atoms with van der Waals surface area (Å²) in [5.74, 6) is 2.21. The zero-order valence-corrected chi connectivity index (χ0v) is 15.2. The van der Waals surface area contributed by atoms with Crippen LogP contribution in [-0.2, 0) is 6.54 Å². The number of nitrogens with zero attached hydrogens (tertiary/aromatic N) is 3. The van der Waals surface area contributed by atoms with E-state index in [0.29, 0.717) is 24.3 Å². The fraction of sp³-hybridized carbons (Fsp3) is 0.333. The van der Waals surface area contributed by atoms with Crippen LogP contribution in [0, 0.1) is 6.92 Å². The van der Waals surface area contributed by atoms with Crippen LogP contribution in [0.2, 0.25) is 0 Å². The van der Waals surface area contributed by atoms with E-state index in [0.717, 1.165) is 24.3 Å². The second-order valence-corrected chi connectivity index (χ2v) is 6.78. The summed E-state index contributed by atoms with van der Waals surface area (Å²) in [7, 11) is 1.69. The molecule has 5 heteroatoms. The molecule has 1 atom stereocenters. The van der Waals surface area contributed by atoms with Crippen molar-refractivity contribution in [3.63, 3.8) is 0 Å². The minimum atomic E-state index is 0.385. The highest BCUT2D eigenvalue weighted by Gasteiger charge is 2.27. The van der Waals surface area contributed by atoms with Gasteiger partial charge in [0.05, 0.1) is 13.7 Å². The largest absolute Gasteiger partial charge is 0.497 e. The molecular weight excluding hydrogens is 326 g/mol. The Balaban J connectivity index is 1.48. The minimum Gasteiger partial charge on any atom is -0.497 e. The van der Waals surface area contributed by atoms with Gasteiger partial charge in [0.25, 0.3) is 0 Å². The number of hydrogen-bond acceptors (Lipinski definition) is 5. The summed E-state index contributed by atoms with van der Waals surface area (Å²) in [6.07, 6.45) is 2.32. The second kappa shape index (κ2) is 7.30. The van der Waals surface area contributed by atoms with E-state index in [9.17, 15) is 0 Å². The first kappa shape index (κ1) is 16.8. The molecule has 26 heavy (non-hydrogen) atoms. The maximum Gasteiger partial charge on any atom is 0.241 e. The molecule has 0 amide bonds. The number of ether oxygens (including phenoxy) is 1. The lowest BCUT2D eigenvalue weighted by atomic mass is 10.0. The first-order valence-electron chi connectivity index (χ1n) is 9.00. The Kier molecular flexibility index (Phi) is 4.71. The van der Waals surface area contributed by atoms with Crippen LogP contribution >= 0.6 is 0 Å². The smallest absolute Gasteiger partial charge is 0.241 e. The molecule has 1 fully saturated rings. The van der Waals surface area contributed by atoms with E-state index in [1.54, 1.807) is 7.11 Å². The number of likely N-dealkylation sites (tertiary alicyclic amines) is 1. The average molecular weight is 349 g/mol. The fourth-order valence-corrected chi connectivity index (χ4v) is 3.53. The van der Waals surface area contributed by atoms with Crippen molar-refractivity contribution in [2.45, 2.75) is 32.4 Å². The third kappa shape index (κ3) is 3.48. The quantitative estimate of drug-likeness (QED) is 0.684. The highest BCUT2D eigenvalue weighted by Crippen LogP contribution is 2.33. The van der Waals surface area contributed by atoms with E-state index in [-0.39, 0.29) is 0 Å². The first-order chi connectivity index (χ1) is 12.7. The third-order valence-corrected chi connectivity index (χ3v) is 4.98. The molecule has 3 aromatic rings. The van der Waals surface area contributed by atoms with Crippen LogP contribution in [0.1, 0.15) is 35.9 Å². The molecule has 134 valence electrons. The van der Waals surface area contributed by atoms with E-state index < -0.39 is 0 Å². The van der Waals surface area contributed by atoms with E-state index in [2.05, 4.69) is 46.2 Å². The number of hydrogen-bond donors (Lipinski definition) is 0. The van der Waals surface area contributed by atoms with Gasteiger partial charge in [0.1, 0.15) is 5.75 Å². The molecule has 0 radical (unpaired) electrons. The lowest BCUT2D eigenvalue weighted by Gasteiger charge is -2.23. The SMILES string of the molecule is COc1ccc(C2CCCN2Cc2nc(-c3ccc(C)cc3)no2)cc1. The Labute approximate surface area is 153 Å². The molecule has 0 saturated carbocycles. The Morgan fingerprint density at radius 2 is 1.88 bits per heavy atom. The molecule has 2 heterocycles. The summed E-state index contributed by atoms with van der Waals surface area (Å²) in [6.45, 7) is 3.78. The van der Waals surface area contributed by atoms with Gasteiger partial charge in [-0.05, 0) is 44.0 Å². The Hall–Kier alpha value is -2.66. The van der Waals surface area contributed by atoms with Crippen molar-refractivity contribution in [2.24, 2.45) is 0 Å². The molecule has 5 nitrogen and oxygen atoms in total. The molecule has 1 saturated heterocycles. The summed E-state index contributed by atoms with van der Waals surface area (Å²) in [5, 5.41) is 4.15. The molecule has 0 N–H and O–H groups in total. The normalized spacial score (nSPS) is 17.5. The molecule has 1 aromatic heterocycles. The maximum atomic E-state index is 5.51. The van der Waals surface area contributed by atoms with Crippen LogP contribution in [0.15, 0.2) is 53.1 Å². The van der Waals surface area contributed by atoms with Gasteiger partial charge in [0.15, 0.2) is 0 Å². The van der Waals surface area contributed by atoms with Crippen LogP contribution < -0.4 is 4.74 Å². The van der Waals surface area contributed by atoms with Crippen molar-refractivity contribution in [2.75, 3.05) is 13.7 Å². The molecule has 4 rings (SSSR count).